The number of halogens is 1. The predicted molar refractivity (Wildman–Crippen MR) is 76.5 cm³/mol. The summed E-state index contributed by atoms with van der Waals surface area (Å²) in [5.74, 6) is 0.00214. The lowest BCUT2D eigenvalue weighted by molar-refractivity contribution is 0.0995. The maximum absolute atomic E-state index is 11.9. The van der Waals surface area contributed by atoms with Gasteiger partial charge in [0.25, 0.3) is 5.91 Å². The van der Waals surface area contributed by atoms with E-state index in [1.165, 1.54) is 16.2 Å². The van der Waals surface area contributed by atoms with Crippen LogP contribution in [0.4, 0.5) is 5.13 Å². The predicted octanol–water partition coefficient (Wildman–Crippen LogP) is 2.74. The average molecular weight is 342 g/mol. The SMILES string of the molecule is CN1CCc2nc(NC(=O)c3ccc(Br)o3)sc2C1. The molecule has 0 bridgehead atoms. The zero-order chi connectivity index (χ0) is 13.4. The van der Waals surface area contributed by atoms with E-state index in [0.29, 0.717) is 9.80 Å². The Hall–Kier alpha value is -1.18. The summed E-state index contributed by atoms with van der Waals surface area (Å²) < 4.78 is 5.75. The van der Waals surface area contributed by atoms with Crippen LogP contribution < -0.4 is 5.32 Å². The van der Waals surface area contributed by atoms with Crippen LogP contribution in [0, 0.1) is 0 Å². The molecule has 0 saturated carbocycles. The molecule has 0 spiro atoms. The third-order valence-electron chi connectivity index (χ3n) is 2.94. The molecule has 1 amide bonds. The molecule has 0 unspecified atom stereocenters. The lowest BCUT2D eigenvalue weighted by atomic mass is 10.2. The monoisotopic (exact) mass is 341 g/mol. The Balaban J connectivity index is 1.75. The summed E-state index contributed by atoms with van der Waals surface area (Å²) in [6, 6.07) is 3.32. The summed E-state index contributed by atoms with van der Waals surface area (Å²) >= 11 is 4.70. The second kappa shape index (κ2) is 5.07. The smallest absolute Gasteiger partial charge is 0.293 e. The molecule has 1 aliphatic rings. The van der Waals surface area contributed by atoms with Crippen molar-refractivity contribution in [2.24, 2.45) is 0 Å². The Morgan fingerprint density at radius 3 is 3.16 bits per heavy atom. The average Bonchev–Trinajstić information content (AvgIpc) is 2.94. The van der Waals surface area contributed by atoms with Crippen molar-refractivity contribution >= 4 is 38.3 Å². The molecule has 0 fully saturated rings. The Labute approximate surface area is 122 Å². The summed E-state index contributed by atoms with van der Waals surface area (Å²) in [6.45, 7) is 1.91. The van der Waals surface area contributed by atoms with Gasteiger partial charge in [-0.2, -0.15) is 0 Å². The number of nitrogens with one attached hydrogen (secondary N) is 1. The second-order valence-corrected chi connectivity index (χ2v) is 6.30. The summed E-state index contributed by atoms with van der Waals surface area (Å²) in [6.07, 6.45) is 0.935. The van der Waals surface area contributed by atoms with Crippen molar-refractivity contribution in [3.05, 3.63) is 33.1 Å². The van der Waals surface area contributed by atoms with Crippen molar-refractivity contribution in [3.8, 4) is 0 Å². The Kier molecular flexibility index (Phi) is 3.42. The maximum atomic E-state index is 11.9. The standard InChI is InChI=1S/C12H12BrN3O2S/c1-16-5-4-7-9(6-16)19-12(14-7)15-11(17)8-2-3-10(13)18-8/h2-3H,4-6H2,1H3,(H,14,15,17). The van der Waals surface area contributed by atoms with Crippen molar-refractivity contribution in [1.29, 1.82) is 0 Å². The number of furan rings is 1. The van der Waals surface area contributed by atoms with Gasteiger partial charge in [0, 0.05) is 24.4 Å². The molecular formula is C12H12BrN3O2S. The topological polar surface area (TPSA) is 58.4 Å². The minimum Gasteiger partial charge on any atom is -0.444 e. The van der Waals surface area contributed by atoms with Crippen LogP contribution in [0.15, 0.2) is 21.2 Å². The quantitative estimate of drug-likeness (QED) is 0.912. The number of carbonyl (C=O) groups is 1. The van der Waals surface area contributed by atoms with E-state index in [4.69, 9.17) is 4.42 Å². The first-order valence-electron chi connectivity index (χ1n) is 5.85. The fraction of sp³-hybridized carbons (Fsp3) is 0.333. The number of aromatic nitrogens is 1. The molecule has 1 aliphatic heterocycles. The van der Waals surface area contributed by atoms with Crippen LogP contribution in [0.5, 0.6) is 0 Å². The maximum Gasteiger partial charge on any atom is 0.293 e. The van der Waals surface area contributed by atoms with Crippen LogP contribution in [0.3, 0.4) is 0 Å². The number of hydrogen-bond donors (Lipinski definition) is 1. The van der Waals surface area contributed by atoms with E-state index in [1.807, 2.05) is 0 Å². The number of hydrogen-bond acceptors (Lipinski definition) is 5. The van der Waals surface area contributed by atoms with Crippen LogP contribution in [0.2, 0.25) is 0 Å². The molecule has 2 aromatic rings. The first-order valence-corrected chi connectivity index (χ1v) is 7.46. The largest absolute Gasteiger partial charge is 0.444 e. The van der Waals surface area contributed by atoms with Crippen LogP contribution in [-0.4, -0.2) is 29.4 Å². The minimum absolute atomic E-state index is 0.273. The van der Waals surface area contributed by atoms with Gasteiger partial charge in [-0.25, -0.2) is 4.98 Å². The number of fused-ring (bicyclic) bond motifs is 1. The Bertz CT molecular complexity index is 622. The van der Waals surface area contributed by atoms with E-state index in [-0.39, 0.29) is 11.7 Å². The molecule has 19 heavy (non-hydrogen) atoms. The van der Waals surface area contributed by atoms with E-state index in [1.54, 1.807) is 12.1 Å². The van der Waals surface area contributed by atoms with E-state index in [9.17, 15) is 4.79 Å². The van der Waals surface area contributed by atoms with Gasteiger partial charge in [-0.15, -0.1) is 11.3 Å². The fourth-order valence-electron chi connectivity index (χ4n) is 1.97. The molecule has 2 aromatic heterocycles. The molecule has 100 valence electrons. The number of nitrogens with zero attached hydrogens (tertiary/aromatic N) is 2. The molecule has 5 nitrogen and oxygen atoms in total. The number of anilines is 1. The first-order chi connectivity index (χ1) is 9.11. The van der Waals surface area contributed by atoms with Crippen LogP contribution >= 0.6 is 27.3 Å². The van der Waals surface area contributed by atoms with Gasteiger partial charge in [-0.05, 0) is 35.1 Å². The molecular weight excluding hydrogens is 330 g/mol. The normalized spacial score (nSPS) is 15.3. The van der Waals surface area contributed by atoms with Gasteiger partial charge in [0.05, 0.1) is 5.69 Å². The molecule has 3 heterocycles. The Morgan fingerprint density at radius 1 is 1.58 bits per heavy atom. The molecule has 0 aliphatic carbocycles. The third-order valence-corrected chi connectivity index (χ3v) is 4.36. The number of carbonyl (C=O) groups excluding carboxylic acids is 1. The minimum atomic E-state index is -0.273. The highest BCUT2D eigenvalue weighted by atomic mass is 79.9. The van der Waals surface area contributed by atoms with Gasteiger partial charge in [-0.3, -0.25) is 10.1 Å². The van der Waals surface area contributed by atoms with Gasteiger partial charge in [-0.1, -0.05) is 0 Å². The number of rotatable bonds is 2. The first kappa shape index (κ1) is 12.8. The molecule has 7 heteroatoms. The fourth-order valence-corrected chi connectivity index (χ4v) is 3.36. The van der Waals surface area contributed by atoms with Gasteiger partial charge in [0.2, 0.25) is 0 Å². The summed E-state index contributed by atoms with van der Waals surface area (Å²) in [4.78, 5) is 19.9. The molecule has 0 atom stereocenters. The number of amides is 1. The lowest BCUT2D eigenvalue weighted by Crippen LogP contribution is -2.25. The van der Waals surface area contributed by atoms with E-state index in [0.717, 1.165) is 25.2 Å². The van der Waals surface area contributed by atoms with Crippen molar-refractivity contribution in [2.45, 2.75) is 13.0 Å². The van der Waals surface area contributed by atoms with E-state index in [2.05, 4.69) is 38.2 Å². The Morgan fingerprint density at radius 2 is 2.42 bits per heavy atom. The van der Waals surface area contributed by atoms with Gasteiger partial charge < -0.3 is 9.32 Å². The zero-order valence-electron chi connectivity index (χ0n) is 10.3. The lowest BCUT2D eigenvalue weighted by Gasteiger charge is -2.20. The number of likely N-dealkylation sites (N-methyl/N-ethyl adjacent to an activating group) is 1. The highest BCUT2D eigenvalue weighted by Gasteiger charge is 2.20. The van der Waals surface area contributed by atoms with E-state index >= 15 is 0 Å². The zero-order valence-corrected chi connectivity index (χ0v) is 12.7. The molecule has 0 saturated heterocycles. The molecule has 0 aromatic carbocycles. The van der Waals surface area contributed by atoms with Crippen molar-refractivity contribution < 1.29 is 9.21 Å². The third kappa shape index (κ3) is 2.72. The highest BCUT2D eigenvalue weighted by Crippen LogP contribution is 2.28. The van der Waals surface area contributed by atoms with Crippen molar-refractivity contribution in [1.82, 2.24) is 9.88 Å². The van der Waals surface area contributed by atoms with Crippen LogP contribution in [0.1, 0.15) is 21.1 Å². The van der Waals surface area contributed by atoms with Crippen molar-refractivity contribution in [3.63, 3.8) is 0 Å². The van der Waals surface area contributed by atoms with E-state index < -0.39 is 0 Å². The summed E-state index contributed by atoms with van der Waals surface area (Å²) in [5, 5.41) is 3.42. The second-order valence-electron chi connectivity index (χ2n) is 4.43. The number of thiazole rings is 1. The molecule has 0 radical (unpaired) electrons. The van der Waals surface area contributed by atoms with Crippen LogP contribution in [-0.2, 0) is 13.0 Å². The van der Waals surface area contributed by atoms with Gasteiger partial charge >= 0.3 is 0 Å². The molecule has 1 N–H and O–H groups in total. The van der Waals surface area contributed by atoms with Crippen LogP contribution in [0.25, 0.3) is 0 Å². The van der Waals surface area contributed by atoms with Crippen molar-refractivity contribution in [2.75, 3.05) is 18.9 Å². The van der Waals surface area contributed by atoms with Gasteiger partial charge in [0.15, 0.2) is 15.6 Å². The molecule has 3 rings (SSSR count). The summed E-state index contributed by atoms with van der Waals surface area (Å²) in [5.41, 5.74) is 1.10. The highest BCUT2D eigenvalue weighted by molar-refractivity contribution is 9.10. The van der Waals surface area contributed by atoms with Gasteiger partial charge in [0.1, 0.15) is 0 Å². The summed E-state index contributed by atoms with van der Waals surface area (Å²) in [7, 11) is 2.08.